The number of carbonyl (C=O) groups is 1. The number of aryl methyl sites for hydroxylation is 1. The van der Waals surface area contributed by atoms with Crippen molar-refractivity contribution in [3.05, 3.63) is 64.7 Å². The average molecular weight is 368 g/mol. The first-order chi connectivity index (χ1) is 11.2. The molecule has 0 fully saturated rings. The van der Waals surface area contributed by atoms with Crippen LogP contribution >= 0.6 is 11.6 Å². The van der Waals surface area contributed by atoms with Crippen molar-refractivity contribution >= 4 is 27.6 Å². The normalized spacial score (nSPS) is 13.0. The zero-order valence-corrected chi connectivity index (χ0v) is 14.9. The lowest BCUT2D eigenvalue weighted by Gasteiger charge is -2.24. The molecule has 0 aromatic heterocycles. The van der Waals surface area contributed by atoms with E-state index in [1.54, 1.807) is 36.4 Å². The predicted molar refractivity (Wildman–Crippen MR) is 92.7 cm³/mol. The van der Waals surface area contributed by atoms with Gasteiger partial charge in [0.15, 0.2) is 0 Å². The number of carboxylic acid groups (broad SMARTS) is 1. The Bertz CT molecular complexity index is 834. The quantitative estimate of drug-likeness (QED) is 0.851. The molecule has 0 saturated carbocycles. The molecule has 0 aliphatic rings. The van der Waals surface area contributed by atoms with Crippen LogP contribution in [0, 0.1) is 6.92 Å². The first kappa shape index (κ1) is 18.4. The van der Waals surface area contributed by atoms with Gasteiger partial charge in [0.25, 0.3) is 0 Å². The van der Waals surface area contributed by atoms with Gasteiger partial charge in [-0.2, -0.15) is 4.31 Å². The summed E-state index contributed by atoms with van der Waals surface area (Å²) in [6, 6.07) is 11.8. The number of rotatable bonds is 6. The highest BCUT2D eigenvalue weighted by Gasteiger charge is 2.32. The zero-order chi connectivity index (χ0) is 17.9. The number of halogens is 1. The molecule has 1 atom stereocenters. The number of benzene rings is 2. The summed E-state index contributed by atoms with van der Waals surface area (Å²) < 4.78 is 26.3. The van der Waals surface area contributed by atoms with Crippen LogP contribution in [0.2, 0.25) is 5.02 Å². The zero-order valence-electron chi connectivity index (χ0n) is 13.3. The van der Waals surface area contributed by atoms with Gasteiger partial charge in [-0.3, -0.25) is 4.79 Å². The summed E-state index contributed by atoms with van der Waals surface area (Å²) in [4.78, 5) is 11.7. The van der Waals surface area contributed by atoms with E-state index in [1.807, 2.05) is 6.92 Å². The van der Waals surface area contributed by atoms with Crippen LogP contribution in [0.25, 0.3) is 0 Å². The highest BCUT2D eigenvalue weighted by molar-refractivity contribution is 7.89. The molecule has 0 spiro atoms. The third kappa shape index (κ3) is 4.14. The maximum absolute atomic E-state index is 12.7. The van der Waals surface area contributed by atoms with E-state index in [0.717, 1.165) is 9.87 Å². The monoisotopic (exact) mass is 367 g/mol. The van der Waals surface area contributed by atoms with Crippen LogP contribution in [0.15, 0.2) is 53.4 Å². The van der Waals surface area contributed by atoms with Crippen LogP contribution < -0.4 is 0 Å². The lowest BCUT2D eigenvalue weighted by molar-refractivity contribution is -0.141. The van der Waals surface area contributed by atoms with Gasteiger partial charge in [0.1, 0.15) is 6.04 Å². The Labute approximate surface area is 146 Å². The van der Waals surface area contributed by atoms with E-state index in [-0.39, 0.29) is 11.3 Å². The van der Waals surface area contributed by atoms with Gasteiger partial charge in [0.05, 0.1) is 4.90 Å². The van der Waals surface area contributed by atoms with E-state index in [9.17, 15) is 18.3 Å². The van der Waals surface area contributed by atoms with Crippen molar-refractivity contribution < 1.29 is 18.3 Å². The molecule has 7 heteroatoms. The first-order valence-electron chi connectivity index (χ1n) is 7.24. The molecule has 0 radical (unpaired) electrons. The van der Waals surface area contributed by atoms with Crippen LogP contribution in [0.3, 0.4) is 0 Å². The summed E-state index contributed by atoms with van der Waals surface area (Å²) in [5.74, 6) is -1.21. The van der Waals surface area contributed by atoms with Gasteiger partial charge in [-0.1, -0.05) is 41.4 Å². The van der Waals surface area contributed by atoms with Crippen molar-refractivity contribution in [2.75, 3.05) is 7.05 Å². The van der Waals surface area contributed by atoms with E-state index >= 15 is 0 Å². The molecule has 0 amide bonds. The largest absolute Gasteiger partial charge is 0.480 e. The maximum Gasteiger partial charge on any atom is 0.322 e. The summed E-state index contributed by atoms with van der Waals surface area (Å²) in [5.41, 5.74) is 1.58. The molecule has 0 aliphatic carbocycles. The molecule has 0 unspecified atom stereocenters. The molecular formula is C17H18ClNO4S. The molecule has 5 nitrogen and oxygen atoms in total. The van der Waals surface area contributed by atoms with Gasteiger partial charge >= 0.3 is 5.97 Å². The van der Waals surface area contributed by atoms with E-state index in [0.29, 0.717) is 10.6 Å². The molecular weight excluding hydrogens is 350 g/mol. The molecule has 2 rings (SSSR count). The molecule has 128 valence electrons. The van der Waals surface area contributed by atoms with Crippen LogP contribution in [0.5, 0.6) is 0 Å². The third-order valence-electron chi connectivity index (χ3n) is 3.74. The second kappa shape index (κ2) is 7.34. The van der Waals surface area contributed by atoms with Crippen LogP contribution in [-0.4, -0.2) is 36.9 Å². The van der Waals surface area contributed by atoms with Gasteiger partial charge in [-0.15, -0.1) is 0 Å². The Morgan fingerprint density at radius 1 is 1.21 bits per heavy atom. The average Bonchev–Trinajstić information content (AvgIpc) is 2.52. The van der Waals surface area contributed by atoms with Crippen LogP contribution in [0.4, 0.5) is 0 Å². The molecule has 0 heterocycles. The van der Waals surface area contributed by atoms with Crippen molar-refractivity contribution in [2.45, 2.75) is 24.3 Å². The van der Waals surface area contributed by atoms with E-state index in [1.165, 1.54) is 19.2 Å². The maximum atomic E-state index is 12.7. The van der Waals surface area contributed by atoms with Crippen molar-refractivity contribution in [1.29, 1.82) is 0 Å². The van der Waals surface area contributed by atoms with Crippen molar-refractivity contribution in [3.63, 3.8) is 0 Å². The summed E-state index contributed by atoms with van der Waals surface area (Å²) in [6.45, 7) is 1.85. The summed E-state index contributed by atoms with van der Waals surface area (Å²) in [6.07, 6.45) is 0.0253. The van der Waals surface area contributed by atoms with Crippen LogP contribution in [0.1, 0.15) is 11.1 Å². The molecule has 24 heavy (non-hydrogen) atoms. The number of sulfonamides is 1. The van der Waals surface area contributed by atoms with Gasteiger partial charge in [0, 0.05) is 12.1 Å². The smallest absolute Gasteiger partial charge is 0.322 e. The number of hydrogen-bond donors (Lipinski definition) is 1. The van der Waals surface area contributed by atoms with E-state index < -0.39 is 22.0 Å². The fourth-order valence-corrected chi connectivity index (χ4v) is 3.83. The second-order valence-electron chi connectivity index (χ2n) is 5.52. The summed E-state index contributed by atoms with van der Waals surface area (Å²) in [5, 5.41) is 9.96. The number of likely N-dealkylation sites (N-methyl/N-ethyl adjacent to an activating group) is 1. The lowest BCUT2D eigenvalue weighted by Crippen LogP contribution is -2.43. The first-order valence-corrected chi connectivity index (χ1v) is 9.05. The fraction of sp³-hybridized carbons (Fsp3) is 0.235. The number of nitrogens with zero attached hydrogens (tertiary/aromatic N) is 1. The van der Waals surface area contributed by atoms with Gasteiger partial charge < -0.3 is 5.11 Å². The highest BCUT2D eigenvalue weighted by atomic mass is 35.5. The third-order valence-corrected chi connectivity index (χ3v) is 5.86. The molecule has 0 bridgehead atoms. The number of aliphatic carboxylic acids is 1. The number of hydrogen-bond acceptors (Lipinski definition) is 3. The minimum absolute atomic E-state index is 0.0253. The number of carboxylic acids is 1. The van der Waals surface area contributed by atoms with E-state index in [2.05, 4.69) is 0 Å². The lowest BCUT2D eigenvalue weighted by atomic mass is 10.1. The van der Waals surface area contributed by atoms with Gasteiger partial charge in [0.2, 0.25) is 10.0 Å². The van der Waals surface area contributed by atoms with Gasteiger partial charge in [-0.05, 0) is 43.2 Å². The standard InChI is InChI=1S/C17H18ClNO4S/c1-12-6-8-15(9-7-12)24(22,23)19(2)16(17(20)21)11-13-4-3-5-14(18)10-13/h3-10,16H,11H2,1-2H3,(H,20,21)/t16-/m1/s1. The SMILES string of the molecule is Cc1ccc(S(=O)(=O)N(C)[C@H](Cc2cccc(Cl)c2)C(=O)O)cc1. The van der Waals surface area contributed by atoms with Crippen molar-refractivity contribution in [3.8, 4) is 0 Å². The van der Waals surface area contributed by atoms with Crippen molar-refractivity contribution in [2.24, 2.45) is 0 Å². The molecule has 2 aromatic rings. The van der Waals surface area contributed by atoms with Crippen LogP contribution in [-0.2, 0) is 21.2 Å². The molecule has 2 aromatic carbocycles. The van der Waals surface area contributed by atoms with Gasteiger partial charge in [-0.25, -0.2) is 8.42 Å². The molecule has 0 saturated heterocycles. The Morgan fingerprint density at radius 2 is 1.83 bits per heavy atom. The summed E-state index contributed by atoms with van der Waals surface area (Å²) in [7, 11) is -2.63. The Balaban J connectivity index is 2.33. The Hall–Kier alpha value is -1.89. The van der Waals surface area contributed by atoms with E-state index in [4.69, 9.17) is 11.6 Å². The summed E-state index contributed by atoms with van der Waals surface area (Å²) >= 11 is 5.91. The Kier molecular flexibility index (Phi) is 5.64. The molecule has 0 aliphatic heterocycles. The second-order valence-corrected chi connectivity index (χ2v) is 7.96. The topological polar surface area (TPSA) is 74.7 Å². The predicted octanol–water partition coefficient (Wildman–Crippen LogP) is 2.96. The Morgan fingerprint density at radius 3 is 2.38 bits per heavy atom. The molecule has 1 N–H and O–H groups in total. The highest BCUT2D eigenvalue weighted by Crippen LogP contribution is 2.20. The minimum atomic E-state index is -3.91. The fourth-order valence-electron chi connectivity index (χ4n) is 2.30. The van der Waals surface area contributed by atoms with Crippen molar-refractivity contribution in [1.82, 2.24) is 4.31 Å². The minimum Gasteiger partial charge on any atom is -0.480 e.